The fourth-order valence-corrected chi connectivity index (χ4v) is 2.81. The van der Waals surface area contributed by atoms with E-state index in [9.17, 15) is 9.59 Å². The third kappa shape index (κ3) is 4.63. The van der Waals surface area contributed by atoms with Crippen LogP contribution < -0.4 is 5.32 Å². The van der Waals surface area contributed by atoms with Crippen molar-refractivity contribution in [3.05, 3.63) is 65.2 Å². The summed E-state index contributed by atoms with van der Waals surface area (Å²) in [6, 6.07) is 16.2. The number of nitrogens with one attached hydrogen (secondary N) is 1. The number of fused-ring (bicyclic) bond motifs is 1. The number of hydrogen-bond donors (Lipinski definition) is 1. The summed E-state index contributed by atoms with van der Waals surface area (Å²) in [5, 5.41) is 3.98. The number of benzene rings is 2. The molecule has 6 heteroatoms. The molecule has 0 unspecified atom stereocenters. The van der Waals surface area contributed by atoms with Gasteiger partial charge in [0.1, 0.15) is 0 Å². The second-order valence-electron chi connectivity index (χ2n) is 6.38. The second kappa shape index (κ2) is 8.18. The maximum atomic E-state index is 12.6. The predicted octanol–water partition coefficient (Wildman–Crippen LogP) is 4.24. The Bertz CT molecular complexity index is 984. The van der Waals surface area contributed by atoms with E-state index in [1.807, 2.05) is 44.2 Å². The van der Waals surface area contributed by atoms with Gasteiger partial charge in [-0.15, -0.1) is 0 Å². The summed E-state index contributed by atoms with van der Waals surface area (Å²) in [5.74, 6) is -0.905. The minimum absolute atomic E-state index is 0.0190. The van der Waals surface area contributed by atoms with Crippen LogP contribution in [0.3, 0.4) is 0 Å². The molecular weight excluding hydrogens is 364 g/mol. The lowest BCUT2D eigenvalue weighted by atomic mass is 10.0. The van der Waals surface area contributed by atoms with Crippen molar-refractivity contribution < 1.29 is 14.3 Å². The first-order chi connectivity index (χ1) is 12.9. The first-order valence-electron chi connectivity index (χ1n) is 8.56. The lowest BCUT2D eigenvalue weighted by Crippen LogP contribution is -2.34. The van der Waals surface area contributed by atoms with Gasteiger partial charge in [-0.05, 0) is 38.1 Å². The number of halogens is 1. The van der Waals surface area contributed by atoms with Gasteiger partial charge in [-0.3, -0.25) is 4.79 Å². The first kappa shape index (κ1) is 18.9. The zero-order valence-electron chi connectivity index (χ0n) is 15.0. The quantitative estimate of drug-likeness (QED) is 0.670. The van der Waals surface area contributed by atoms with E-state index in [2.05, 4.69) is 10.3 Å². The predicted molar refractivity (Wildman–Crippen MR) is 106 cm³/mol. The molecule has 27 heavy (non-hydrogen) atoms. The standard InChI is InChI=1S/C21H19ClN2O3/c1-13(2)23-20(25)12-27-21(26)17-11-19(14-7-9-15(22)10-8-14)24-18-6-4-3-5-16(17)18/h3-11,13H,12H2,1-2H3,(H,23,25). The summed E-state index contributed by atoms with van der Waals surface area (Å²) >= 11 is 5.95. The Kier molecular flexibility index (Phi) is 5.72. The Morgan fingerprint density at radius 2 is 1.81 bits per heavy atom. The number of hydrogen-bond acceptors (Lipinski definition) is 4. The summed E-state index contributed by atoms with van der Waals surface area (Å²) < 4.78 is 5.21. The average Bonchev–Trinajstić information content (AvgIpc) is 2.65. The molecule has 5 nitrogen and oxygen atoms in total. The van der Waals surface area contributed by atoms with Crippen molar-refractivity contribution in [3.63, 3.8) is 0 Å². The molecule has 0 spiro atoms. The Labute approximate surface area is 162 Å². The van der Waals surface area contributed by atoms with Crippen LogP contribution >= 0.6 is 11.6 Å². The van der Waals surface area contributed by atoms with Crippen LogP contribution in [-0.2, 0) is 9.53 Å². The number of esters is 1. The van der Waals surface area contributed by atoms with Crippen LogP contribution in [0.4, 0.5) is 0 Å². The van der Waals surface area contributed by atoms with Crippen molar-refractivity contribution in [3.8, 4) is 11.3 Å². The van der Waals surface area contributed by atoms with Crippen LogP contribution in [0.25, 0.3) is 22.2 Å². The molecule has 3 rings (SSSR count). The molecule has 1 amide bonds. The zero-order valence-corrected chi connectivity index (χ0v) is 15.8. The highest BCUT2D eigenvalue weighted by Crippen LogP contribution is 2.26. The molecule has 0 aliphatic heterocycles. The topological polar surface area (TPSA) is 68.3 Å². The fourth-order valence-electron chi connectivity index (χ4n) is 2.69. The minimum Gasteiger partial charge on any atom is -0.452 e. The molecule has 2 aromatic carbocycles. The molecule has 0 aliphatic carbocycles. The van der Waals surface area contributed by atoms with Crippen molar-refractivity contribution in [1.82, 2.24) is 10.3 Å². The van der Waals surface area contributed by atoms with Crippen LogP contribution in [0.2, 0.25) is 5.02 Å². The van der Waals surface area contributed by atoms with Crippen LogP contribution in [0, 0.1) is 0 Å². The highest BCUT2D eigenvalue weighted by Gasteiger charge is 2.16. The smallest absolute Gasteiger partial charge is 0.339 e. The second-order valence-corrected chi connectivity index (χ2v) is 6.81. The molecule has 1 heterocycles. The van der Waals surface area contributed by atoms with Gasteiger partial charge >= 0.3 is 5.97 Å². The van der Waals surface area contributed by atoms with E-state index >= 15 is 0 Å². The summed E-state index contributed by atoms with van der Waals surface area (Å²) in [4.78, 5) is 29.0. The van der Waals surface area contributed by atoms with Gasteiger partial charge in [0.2, 0.25) is 0 Å². The molecular formula is C21H19ClN2O3. The van der Waals surface area contributed by atoms with Crippen LogP contribution in [0.15, 0.2) is 54.6 Å². The van der Waals surface area contributed by atoms with E-state index in [0.717, 1.165) is 5.56 Å². The van der Waals surface area contributed by atoms with Crippen LogP contribution in [-0.4, -0.2) is 29.5 Å². The Hall–Kier alpha value is -2.92. The Morgan fingerprint density at radius 3 is 2.52 bits per heavy atom. The van der Waals surface area contributed by atoms with Gasteiger partial charge in [-0.2, -0.15) is 0 Å². The number of carbonyl (C=O) groups is 2. The number of pyridine rings is 1. The van der Waals surface area contributed by atoms with E-state index in [4.69, 9.17) is 16.3 Å². The highest BCUT2D eigenvalue weighted by molar-refractivity contribution is 6.30. The maximum Gasteiger partial charge on any atom is 0.339 e. The SMILES string of the molecule is CC(C)NC(=O)COC(=O)c1cc(-c2ccc(Cl)cc2)nc2ccccc12. The van der Waals surface area contributed by atoms with Gasteiger partial charge in [0.15, 0.2) is 6.61 Å². The third-order valence-electron chi connectivity index (χ3n) is 3.86. The van der Waals surface area contributed by atoms with Crippen molar-refractivity contribution in [2.45, 2.75) is 19.9 Å². The number of nitrogens with zero attached hydrogens (tertiary/aromatic N) is 1. The minimum atomic E-state index is -0.567. The van der Waals surface area contributed by atoms with Crippen molar-refractivity contribution in [2.75, 3.05) is 6.61 Å². The molecule has 0 saturated heterocycles. The van der Waals surface area contributed by atoms with E-state index < -0.39 is 5.97 Å². The van der Waals surface area contributed by atoms with Gasteiger partial charge < -0.3 is 10.1 Å². The van der Waals surface area contributed by atoms with Crippen LogP contribution in [0.5, 0.6) is 0 Å². The molecule has 138 valence electrons. The number of carbonyl (C=O) groups excluding carboxylic acids is 2. The van der Waals surface area contributed by atoms with Gasteiger partial charge in [0.25, 0.3) is 5.91 Å². The van der Waals surface area contributed by atoms with Crippen molar-refractivity contribution >= 4 is 34.4 Å². The van der Waals surface area contributed by atoms with E-state index in [-0.39, 0.29) is 18.6 Å². The summed E-state index contributed by atoms with van der Waals surface area (Å²) in [6.45, 7) is 3.35. The molecule has 0 bridgehead atoms. The van der Waals surface area contributed by atoms with Gasteiger partial charge in [0, 0.05) is 22.0 Å². The Morgan fingerprint density at radius 1 is 1.11 bits per heavy atom. The molecule has 3 aromatic rings. The van der Waals surface area contributed by atoms with E-state index in [1.54, 1.807) is 24.3 Å². The van der Waals surface area contributed by atoms with Crippen molar-refractivity contribution in [2.24, 2.45) is 0 Å². The maximum absolute atomic E-state index is 12.6. The average molecular weight is 383 g/mol. The summed E-state index contributed by atoms with van der Waals surface area (Å²) in [5.41, 5.74) is 2.49. The monoisotopic (exact) mass is 382 g/mol. The number of para-hydroxylation sites is 1. The number of rotatable bonds is 5. The largest absolute Gasteiger partial charge is 0.452 e. The molecule has 0 saturated carbocycles. The lowest BCUT2D eigenvalue weighted by Gasteiger charge is -2.11. The third-order valence-corrected chi connectivity index (χ3v) is 4.11. The van der Waals surface area contributed by atoms with E-state index in [1.165, 1.54) is 0 Å². The fraction of sp³-hybridized carbons (Fsp3) is 0.190. The number of amides is 1. The van der Waals surface area contributed by atoms with Gasteiger partial charge in [-0.1, -0.05) is 41.9 Å². The Balaban J connectivity index is 1.94. The molecule has 1 N–H and O–H groups in total. The van der Waals surface area contributed by atoms with Gasteiger partial charge in [-0.25, -0.2) is 9.78 Å². The number of ether oxygens (including phenoxy) is 1. The molecule has 0 radical (unpaired) electrons. The molecule has 1 aromatic heterocycles. The highest BCUT2D eigenvalue weighted by atomic mass is 35.5. The molecule has 0 fully saturated rings. The summed E-state index contributed by atoms with van der Waals surface area (Å²) in [7, 11) is 0. The van der Waals surface area contributed by atoms with Gasteiger partial charge in [0.05, 0.1) is 16.8 Å². The lowest BCUT2D eigenvalue weighted by molar-refractivity contribution is -0.124. The first-order valence-corrected chi connectivity index (χ1v) is 8.94. The van der Waals surface area contributed by atoms with Crippen molar-refractivity contribution in [1.29, 1.82) is 0 Å². The number of aromatic nitrogens is 1. The van der Waals surface area contributed by atoms with Crippen LogP contribution in [0.1, 0.15) is 24.2 Å². The molecule has 0 atom stereocenters. The molecule has 0 aliphatic rings. The normalized spacial score (nSPS) is 10.8. The van der Waals surface area contributed by atoms with E-state index in [0.29, 0.717) is 27.2 Å². The zero-order chi connectivity index (χ0) is 19.4. The summed E-state index contributed by atoms with van der Waals surface area (Å²) in [6.07, 6.45) is 0.